The highest BCUT2D eigenvalue weighted by Gasteiger charge is 2.39. The second kappa shape index (κ2) is 8.42. The number of morpholine rings is 1. The molecule has 6 rings (SSSR count). The summed E-state index contributed by atoms with van der Waals surface area (Å²) in [6.45, 7) is 9.21. The monoisotopic (exact) mass is 433 g/mol. The highest BCUT2D eigenvalue weighted by molar-refractivity contribution is 5.91. The van der Waals surface area contributed by atoms with Crippen molar-refractivity contribution in [3.05, 3.63) is 36.3 Å². The van der Waals surface area contributed by atoms with Crippen molar-refractivity contribution < 1.29 is 4.74 Å². The van der Waals surface area contributed by atoms with Crippen LogP contribution in [0.5, 0.6) is 0 Å². The molecule has 0 amide bonds. The summed E-state index contributed by atoms with van der Waals surface area (Å²) in [6, 6.07) is 6.46. The molecule has 0 radical (unpaired) electrons. The molecule has 3 aliphatic rings. The van der Waals surface area contributed by atoms with Gasteiger partial charge >= 0.3 is 0 Å². The second-order valence-electron chi connectivity index (χ2n) is 9.49. The maximum atomic E-state index is 5.49. The number of nitrogens with one attached hydrogen (secondary N) is 2. The summed E-state index contributed by atoms with van der Waals surface area (Å²) < 4.78 is 5.49. The molecule has 0 unspecified atom stereocenters. The molecule has 3 aliphatic heterocycles. The Labute approximate surface area is 188 Å². The third-order valence-corrected chi connectivity index (χ3v) is 7.45. The van der Waals surface area contributed by atoms with Crippen LogP contribution in [0.15, 0.2) is 30.7 Å². The van der Waals surface area contributed by atoms with Crippen molar-refractivity contribution >= 4 is 16.9 Å². The van der Waals surface area contributed by atoms with Crippen molar-refractivity contribution in [1.82, 2.24) is 30.2 Å². The molecule has 168 valence electrons. The molecular weight excluding hydrogens is 402 g/mol. The topological polar surface area (TPSA) is 82.2 Å². The molecule has 2 N–H and O–H groups in total. The Balaban J connectivity index is 1.12. The summed E-state index contributed by atoms with van der Waals surface area (Å²) in [5, 5.41) is 4.49. The number of hydrogen-bond acceptors (Lipinski definition) is 7. The number of rotatable bonds is 5. The predicted molar refractivity (Wildman–Crippen MR) is 125 cm³/mol. The second-order valence-corrected chi connectivity index (χ2v) is 9.49. The lowest BCUT2D eigenvalue weighted by Crippen LogP contribution is -2.58. The van der Waals surface area contributed by atoms with Crippen LogP contribution in [0.2, 0.25) is 0 Å². The van der Waals surface area contributed by atoms with Gasteiger partial charge in [-0.1, -0.05) is 6.07 Å². The third kappa shape index (κ3) is 3.87. The number of anilines is 1. The predicted octanol–water partition coefficient (Wildman–Crippen LogP) is 2.08. The van der Waals surface area contributed by atoms with Crippen LogP contribution in [0.4, 0.5) is 5.82 Å². The van der Waals surface area contributed by atoms with Gasteiger partial charge in [0.15, 0.2) is 0 Å². The van der Waals surface area contributed by atoms with E-state index in [2.05, 4.69) is 48.3 Å². The number of aromatic nitrogens is 4. The average Bonchev–Trinajstić information content (AvgIpc) is 3.27. The van der Waals surface area contributed by atoms with E-state index in [1.165, 1.54) is 44.6 Å². The van der Waals surface area contributed by atoms with Crippen LogP contribution < -0.4 is 10.2 Å². The molecule has 0 atom stereocenters. The van der Waals surface area contributed by atoms with Crippen molar-refractivity contribution in [1.29, 1.82) is 0 Å². The van der Waals surface area contributed by atoms with Crippen LogP contribution >= 0.6 is 0 Å². The SMILES string of the molecule is c1nc(N2CCOCC2)c2cc(-c3ccc(CCN4CCC5(CC4)CNC5)cn3)[nH]c2n1. The Kier molecular flexibility index (Phi) is 5.29. The number of fused-ring (bicyclic) bond motifs is 1. The summed E-state index contributed by atoms with van der Waals surface area (Å²) in [5.74, 6) is 0.971. The Bertz CT molecular complexity index is 1060. The number of pyridine rings is 1. The zero-order valence-corrected chi connectivity index (χ0v) is 18.5. The smallest absolute Gasteiger partial charge is 0.143 e. The Morgan fingerprint density at radius 2 is 1.84 bits per heavy atom. The van der Waals surface area contributed by atoms with E-state index in [1.807, 2.05) is 6.20 Å². The van der Waals surface area contributed by atoms with Crippen LogP contribution in [-0.4, -0.2) is 83.9 Å². The Morgan fingerprint density at radius 3 is 2.56 bits per heavy atom. The fraction of sp³-hybridized carbons (Fsp3) is 0.542. The normalized spacial score (nSPS) is 21.2. The van der Waals surface area contributed by atoms with E-state index >= 15 is 0 Å². The first-order valence-electron chi connectivity index (χ1n) is 11.8. The van der Waals surface area contributed by atoms with Crippen LogP contribution in [0, 0.1) is 5.41 Å². The number of likely N-dealkylation sites (tertiary alicyclic amines) is 1. The first-order chi connectivity index (χ1) is 15.8. The maximum absolute atomic E-state index is 5.49. The minimum absolute atomic E-state index is 0.616. The highest BCUT2D eigenvalue weighted by atomic mass is 16.5. The molecule has 0 aromatic carbocycles. The van der Waals surface area contributed by atoms with E-state index in [-0.39, 0.29) is 0 Å². The Hall–Kier alpha value is -2.55. The van der Waals surface area contributed by atoms with E-state index in [4.69, 9.17) is 9.72 Å². The van der Waals surface area contributed by atoms with E-state index in [1.54, 1.807) is 6.33 Å². The summed E-state index contributed by atoms with van der Waals surface area (Å²) in [6.07, 6.45) is 7.39. The summed E-state index contributed by atoms with van der Waals surface area (Å²) in [4.78, 5) is 22.1. The molecule has 8 nitrogen and oxygen atoms in total. The number of nitrogens with zero attached hydrogens (tertiary/aromatic N) is 5. The first kappa shape index (κ1) is 20.1. The molecule has 3 fully saturated rings. The minimum Gasteiger partial charge on any atom is -0.378 e. The Morgan fingerprint density at radius 1 is 1.00 bits per heavy atom. The van der Waals surface area contributed by atoms with E-state index in [0.29, 0.717) is 5.41 Å². The number of H-pyrrole nitrogens is 1. The first-order valence-corrected chi connectivity index (χ1v) is 11.8. The number of piperidine rings is 1. The van der Waals surface area contributed by atoms with Crippen LogP contribution in [0.25, 0.3) is 22.4 Å². The van der Waals surface area contributed by atoms with Gasteiger partial charge in [0, 0.05) is 38.9 Å². The van der Waals surface area contributed by atoms with Gasteiger partial charge in [0.25, 0.3) is 0 Å². The molecule has 0 saturated carbocycles. The van der Waals surface area contributed by atoms with Gasteiger partial charge in [0.2, 0.25) is 0 Å². The fourth-order valence-corrected chi connectivity index (χ4v) is 5.19. The third-order valence-electron chi connectivity index (χ3n) is 7.45. The standard InChI is InChI=1S/C24H31N7O/c1-2-20(26-14-18(1)3-6-30-7-4-24(5-8-30)15-25-16-24)21-13-19-22(29-21)27-17-28-23(19)31-9-11-32-12-10-31/h1-2,13-14,17,25H,3-12,15-16H2,(H,27,28,29). The van der Waals surface area contributed by atoms with Gasteiger partial charge < -0.3 is 24.8 Å². The summed E-state index contributed by atoms with van der Waals surface area (Å²) >= 11 is 0. The quantitative estimate of drug-likeness (QED) is 0.638. The van der Waals surface area contributed by atoms with Crippen LogP contribution in [0.3, 0.4) is 0 Å². The van der Waals surface area contributed by atoms with E-state index < -0.39 is 0 Å². The van der Waals surface area contributed by atoms with Gasteiger partial charge in [-0.3, -0.25) is 4.98 Å². The summed E-state index contributed by atoms with van der Waals surface area (Å²) in [7, 11) is 0. The van der Waals surface area contributed by atoms with Gasteiger partial charge in [0.1, 0.15) is 17.8 Å². The minimum atomic E-state index is 0.616. The highest BCUT2D eigenvalue weighted by Crippen LogP contribution is 2.35. The van der Waals surface area contributed by atoms with Crippen LogP contribution in [-0.2, 0) is 11.2 Å². The fourth-order valence-electron chi connectivity index (χ4n) is 5.19. The number of hydrogen-bond donors (Lipinski definition) is 2. The molecule has 3 saturated heterocycles. The molecule has 3 aromatic heterocycles. The molecule has 32 heavy (non-hydrogen) atoms. The van der Waals surface area contributed by atoms with Crippen molar-refractivity contribution in [3.63, 3.8) is 0 Å². The molecule has 8 heteroatoms. The lowest BCUT2D eigenvalue weighted by atomic mass is 9.73. The molecular formula is C24H31N7O. The molecule has 1 spiro atoms. The summed E-state index contributed by atoms with van der Waals surface area (Å²) in [5.41, 5.74) is 4.69. The van der Waals surface area contributed by atoms with Crippen molar-refractivity contribution in [2.24, 2.45) is 5.41 Å². The number of ether oxygens (including phenoxy) is 1. The van der Waals surface area contributed by atoms with Crippen LogP contribution in [0.1, 0.15) is 18.4 Å². The molecule has 6 heterocycles. The van der Waals surface area contributed by atoms with E-state index in [9.17, 15) is 0 Å². The largest absolute Gasteiger partial charge is 0.378 e. The van der Waals surface area contributed by atoms with Crippen molar-refractivity contribution in [2.75, 3.05) is 63.9 Å². The number of aromatic amines is 1. The zero-order valence-electron chi connectivity index (χ0n) is 18.5. The average molecular weight is 434 g/mol. The van der Waals surface area contributed by atoms with Crippen molar-refractivity contribution in [2.45, 2.75) is 19.3 Å². The maximum Gasteiger partial charge on any atom is 0.143 e. The lowest BCUT2D eigenvalue weighted by molar-refractivity contribution is 0.0560. The van der Waals surface area contributed by atoms with Gasteiger partial charge in [-0.25, -0.2) is 9.97 Å². The lowest BCUT2D eigenvalue weighted by Gasteiger charge is -2.48. The van der Waals surface area contributed by atoms with E-state index in [0.717, 1.165) is 67.5 Å². The van der Waals surface area contributed by atoms with Gasteiger partial charge in [-0.15, -0.1) is 0 Å². The molecule has 0 aliphatic carbocycles. The van der Waals surface area contributed by atoms with Gasteiger partial charge in [-0.05, 0) is 55.5 Å². The molecule has 0 bridgehead atoms. The van der Waals surface area contributed by atoms with Gasteiger partial charge in [0.05, 0.1) is 30.0 Å². The van der Waals surface area contributed by atoms with Crippen molar-refractivity contribution in [3.8, 4) is 11.4 Å². The molecule has 3 aromatic rings. The van der Waals surface area contributed by atoms with Gasteiger partial charge in [-0.2, -0.15) is 0 Å². The zero-order chi connectivity index (χ0) is 21.4.